The Balaban J connectivity index is 0.00000144. The second kappa shape index (κ2) is 7.51. The number of nitrogens with zero attached hydrogens (tertiary/aromatic N) is 2. The van der Waals surface area contributed by atoms with Crippen LogP contribution in [0.15, 0.2) is 18.5 Å². The third-order valence-corrected chi connectivity index (χ3v) is 2.66. The van der Waals surface area contributed by atoms with Gasteiger partial charge in [-0.05, 0) is 13.0 Å². The standard InChI is InChI=1S/C11H14FN3O.2ClH/c1-8-7-15(5-4-14-8)11(16)9-2-3-13-6-10(9)12;;/h2-3,6,8,14H,4-5,7H2,1H3;2*1H/t8-;;/m0../s1. The van der Waals surface area contributed by atoms with Crippen molar-refractivity contribution in [3.05, 3.63) is 29.8 Å². The zero-order valence-corrected chi connectivity index (χ0v) is 11.6. The minimum Gasteiger partial charge on any atom is -0.336 e. The van der Waals surface area contributed by atoms with Gasteiger partial charge in [-0.3, -0.25) is 9.78 Å². The van der Waals surface area contributed by atoms with Crippen molar-refractivity contribution in [3.63, 3.8) is 0 Å². The molecule has 0 spiro atoms. The predicted octanol–water partition coefficient (Wildman–Crippen LogP) is 1.50. The molecule has 0 saturated carbocycles. The average Bonchev–Trinajstić information content (AvgIpc) is 2.29. The molecule has 2 heterocycles. The predicted molar refractivity (Wildman–Crippen MR) is 72.1 cm³/mol. The summed E-state index contributed by atoms with van der Waals surface area (Å²) < 4.78 is 13.4. The van der Waals surface area contributed by atoms with E-state index in [9.17, 15) is 9.18 Å². The van der Waals surface area contributed by atoms with E-state index in [1.165, 1.54) is 12.3 Å². The number of nitrogens with one attached hydrogen (secondary N) is 1. The van der Waals surface area contributed by atoms with Crippen LogP contribution in [0.1, 0.15) is 17.3 Å². The molecule has 7 heteroatoms. The number of amides is 1. The van der Waals surface area contributed by atoms with Crippen molar-refractivity contribution in [2.24, 2.45) is 0 Å². The maximum Gasteiger partial charge on any atom is 0.257 e. The highest BCUT2D eigenvalue weighted by Gasteiger charge is 2.23. The fourth-order valence-electron chi connectivity index (χ4n) is 1.84. The van der Waals surface area contributed by atoms with E-state index in [0.29, 0.717) is 13.1 Å². The number of pyridine rings is 1. The molecule has 1 N–H and O–H groups in total. The van der Waals surface area contributed by atoms with Crippen molar-refractivity contribution in [2.45, 2.75) is 13.0 Å². The van der Waals surface area contributed by atoms with E-state index in [2.05, 4.69) is 10.3 Å². The first-order valence-electron chi connectivity index (χ1n) is 5.30. The third kappa shape index (κ3) is 3.80. The van der Waals surface area contributed by atoms with Gasteiger partial charge in [0.1, 0.15) is 0 Å². The number of halogens is 3. The lowest BCUT2D eigenvalue weighted by Gasteiger charge is -2.31. The summed E-state index contributed by atoms with van der Waals surface area (Å²) >= 11 is 0. The molecule has 4 nitrogen and oxygen atoms in total. The highest BCUT2D eigenvalue weighted by atomic mass is 35.5. The van der Waals surface area contributed by atoms with Crippen LogP contribution in [-0.4, -0.2) is 41.5 Å². The van der Waals surface area contributed by atoms with Crippen molar-refractivity contribution in [2.75, 3.05) is 19.6 Å². The Hall–Kier alpha value is -0.910. The summed E-state index contributed by atoms with van der Waals surface area (Å²) in [5.74, 6) is -0.813. The summed E-state index contributed by atoms with van der Waals surface area (Å²) in [4.78, 5) is 17.3. The van der Waals surface area contributed by atoms with Gasteiger partial charge in [0.2, 0.25) is 0 Å². The Labute approximate surface area is 118 Å². The number of rotatable bonds is 1. The summed E-state index contributed by atoms with van der Waals surface area (Å²) in [5, 5.41) is 3.23. The first kappa shape index (κ1) is 17.1. The maximum absolute atomic E-state index is 13.4. The Bertz CT molecular complexity index is 406. The number of carbonyl (C=O) groups is 1. The van der Waals surface area contributed by atoms with E-state index >= 15 is 0 Å². The number of hydrogen-bond donors (Lipinski definition) is 1. The summed E-state index contributed by atoms with van der Waals surface area (Å²) in [7, 11) is 0. The lowest BCUT2D eigenvalue weighted by atomic mass is 10.2. The number of hydrogen-bond acceptors (Lipinski definition) is 3. The van der Waals surface area contributed by atoms with E-state index in [0.717, 1.165) is 12.7 Å². The molecule has 0 radical (unpaired) electrons. The second-order valence-electron chi connectivity index (χ2n) is 3.96. The fourth-order valence-corrected chi connectivity index (χ4v) is 1.84. The number of carbonyl (C=O) groups excluding carboxylic acids is 1. The molecule has 1 aromatic heterocycles. The van der Waals surface area contributed by atoms with Crippen LogP contribution in [0, 0.1) is 5.82 Å². The van der Waals surface area contributed by atoms with Crippen LogP contribution in [0.4, 0.5) is 4.39 Å². The molecule has 102 valence electrons. The lowest BCUT2D eigenvalue weighted by molar-refractivity contribution is 0.0704. The molecule has 0 unspecified atom stereocenters. The van der Waals surface area contributed by atoms with E-state index < -0.39 is 5.82 Å². The highest BCUT2D eigenvalue weighted by Crippen LogP contribution is 2.10. The lowest BCUT2D eigenvalue weighted by Crippen LogP contribution is -2.51. The summed E-state index contributed by atoms with van der Waals surface area (Å²) in [6.07, 6.45) is 2.50. The van der Waals surface area contributed by atoms with E-state index in [-0.39, 0.29) is 42.3 Å². The summed E-state index contributed by atoms with van der Waals surface area (Å²) in [6, 6.07) is 1.67. The Morgan fingerprint density at radius 2 is 2.28 bits per heavy atom. The van der Waals surface area contributed by atoms with Crippen LogP contribution in [0.5, 0.6) is 0 Å². The Morgan fingerprint density at radius 1 is 1.56 bits per heavy atom. The van der Waals surface area contributed by atoms with Crippen molar-refractivity contribution in [3.8, 4) is 0 Å². The largest absolute Gasteiger partial charge is 0.336 e. The van der Waals surface area contributed by atoms with E-state index in [1.807, 2.05) is 6.92 Å². The van der Waals surface area contributed by atoms with Crippen molar-refractivity contribution >= 4 is 30.7 Å². The smallest absolute Gasteiger partial charge is 0.257 e. The zero-order valence-electron chi connectivity index (χ0n) is 9.93. The summed E-state index contributed by atoms with van der Waals surface area (Å²) in [5.41, 5.74) is 0.101. The molecule has 1 aliphatic heterocycles. The molecule has 1 aliphatic rings. The first-order valence-corrected chi connectivity index (χ1v) is 5.30. The molecule has 18 heavy (non-hydrogen) atoms. The molecule has 0 aromatic carbocycles. The molecule has 2 rings (SSSR count). The fraction of sp³-hybridized carbons (Fsp3) is 0.455. The van der Waals surface area contributed by atoms with Crippen molar-refractivity contribution in [1.82, 2.24) is 15.2 Å². The topological polar surface area (TPSA) is 45.2 Å². The molecule has 1 saturated heterocycles. The molecule has 0 aliphatic carbocycles. The van der Waals surface area contributed by atoms with Gasteiger partial charge >= 0.3 is 0 Å². The van der Waals surface area contributed by atoms with Gasteiger partial charge < -0.3 is 10.2 Å². The molecule has 0 bridgehead atoms. The minimum atomic E-state index is -0.557. The number of aromatic nitrogens is 1. The first-order chi connectivity index (χ1) is 7.68. The van der Waals surface area contributed by atoms with Crippen LogP contribution in [0.3, 0.4) is 0 Å². The quantitative estimate of drug-likeness (QED) is 0.854. The summed E-state index contributed by atoms with van der Waals surface area (Å²) in [6.45, 7) is 3.98. The van der Waals surface area contributed by atoms with Crippen LogP contribution in [-0.2, 0) is 0 Å². The maximum atomic E-state index is 13.4. The van der Waals surface area contributed by atoms with Gasteiger partial charge in [0, 0.05) is 31.9 Å². The van der Waals surface area contributed by atoms with Gasteiger partial charge in [0.05, 0.1) is 11.8 Å². The molecular weight excluding hydrogens is 280 g/mol. The van der Waals surface area contributed by atoms with E-state index in [4.69, 9.17) is 0 Å². The molecule has 1 aromatic rings. The average molecular weight is 296 g/mol. The zero-order chi connectivity index (χ0) is 11.5. The normalized spacial score (nSPS) is 18.6. The van der Waals surface area contributed by atoms with Crippen LogP contribution in [0.25, 0.3) is 0 Å². The Morgan fingerprint density at radius 3 is 2.89 bits per heavy atom. The van der Waals surface area contributed by atoms with Gasteiger partial charge in [-0.2, -0.15) is 0 Å². The number of piperazine rings is 1. The van der Waals surface area contributed by atoms with Gasteiger partial charge in [-0.1, -0.05) is 0 Å². The van der Waals surface area contributed by atoms with Crippen LogP contribution < -0.4 is 5.32 Å². The van der Waals surface area contributed by atoms with Gasteiger partial charge in [0.15, 0.2) is 5.82 Å². The van der Waals surface area contributed by atoms with Gasteiger partial charge in [0.25, 0.3) is 5.91 Å². The monoisotopic (exact) mass is 295 g/mol. The van der Waals surface area contributed by atoms with Crippen LogP contribution >= 0.6 is 24.8 Å². The molecule has 1 fully saturated rings. The molecular formula is C11H16Cl2FN3O. The van der Waals surface area contributed by atoms with E-state index in [1.54, 1.807) is 4.90 Å². The minimum absolute atomic E-state index is 0. The Kier molecular flexibility index (Phi) is 7.13. The van der Waals surface area contributed by atoms with Crippen molar-refractivity contribution < 1.29 is 9.18 Å². The van der Waals surface area contributed by atoms with Crippen LogP contribution in [0.2, 0.25) is 0 Å². The second-order valence-corrected chi connectivity index (χ2v) is 3.96. The van der Waals surface area contributed by atoms with Gasteiger partial charge in [-0.15, -0.1) is 24.8 Å². The molecule has 1 amide bonds. The SMILES string of the molecule is C[C@H]1CN(C(=O)c2ccncc2F)CCN1.Cl.Cl. The molecule has 1 atom stereocenters. The van der Waals surface area contributed by atoms with Gasteiger partial charge in [-0.25, -0.2) is 4.39 Å². The highest BCUT2D eigenvalue weighted by molar-refractivity contribution is 5.94. The van der Waals surface area contributed by atoms with Crippen molar-refractivity contribution in [1.29, 1.82) is 0 Å². The third-order valence-electron chi connectivity index (χ3n) is 2.66.